The summed E-state index contributed by atoms with van der Waals surface area (Å²) in [6.07, 6.45) is 0.307. The summed E-state index contributed by atoms with van der Waals surface area (Å²) in [4.78, 5) is 31.4. The number of nitrogens with zero attached hydrogens (tertiary/aromatic N) is 1. The number of alkyl carbamates (subject to hydrolysis) is 1. The van der Waals surface area contributed by atoms with Crippen molar-refractivity contribution in [2.45, 2.75) is 26.4 Å². The average molecular weight is 302 g/mol. The number of allylic oxidation sites excluding steroid dienone is 3. The molecule has 0 aromatic heterocycles. The predicted molar refractivity (Wildman–Crippen MR) is 72.1 cm³/mol. The standard InChI is InChI=1S/C12H18N2O7/c1-8(3-4-9(2)14(19)20)7-21-12(18)13-6-5-10(15)11(16)17/h3-4,10,15H,5-7H2,1-2H3,(H,13,18)(H,16,17)/b8-3+,9-4+/t10-/m0/s1. The molecule has 0 aromatic carbocycles. The lowest BCUT2D eigenvalue weighted by atomic mass is 10.2. The Balaban J connectivity index is 4.03. The van der Waals surface area contributed by atoms with E-state index in [1.165, 1.54) is 19.1 Å². The third-order valence-corrected chi connectivity index (χ3v) is 2.30. The van der Waals surface area contributed by atoms with Crippen LogP contribution in [0.2, 0.25) is 0 Å². The number of carboxylic acid groups (broad SMARTS) is 1. The number of carbonyl (C=O) groups is 2. The van der Waals surface area contributed by atoms with E-state index >= 15 is 0 Å². The highest BCUT2D eigenvalue weighted by atomic mass is 16.6. The molecule has 0 heterocycles. The molecule has 1 atom stereocenters. The smallest absolute Gasteiger partial charge is 0.407 e. The number of nitro groups is 1. The first-order valence-electron chi connectivity index (χ1n) is 6.04. The molecule has 1 amide bonds. The molecule has 0 bridgehead atoms. The number of carboxylic acids is 1. The van der Waals surface area contributed by atoms with Gasteiger partial charge in [0.05, 0.1) is 4.92 Å². The van der Waals surface area contributed by atoms with E-state index < -0.39 is 23.1 Å². The van der Waals surface area contributed by atoms with Crippen molar-refractivity contribution in [3.8, 4) is 0 Å². The first kappa shape index (κ1) is 18.6. The second-order valence-electron chi connectivity index (χ2n) is 4.22. The maximum atomic E-state index is 11.2. The lowest BCUT2D eigenvalue weighted by Gasteiger charge is -2.08. The molecule has 21 heavy (non-hydrogen) atoms. The summed E-state index contributed by atoms with van der Waals surface area (Å²) in [5.41, 5.74) is 0.554. The van der Waals surface area contributed by atoms with Crippen molar-refractivity contribution < 1.29 is 29.5 Å². The first-order chi connectivity index (χ1) is 9.73. The zero-order chi connectivity index (χ0) is 16.4. The quantitative estimate of drug-likeness (QED) is 0.340. The van der Waals surface area contributed by atoms with Crippen LogP contribution in [-0.2, 0) is 9.53 Å². The van der Waals surface area contributed by atoms with E-state index in [0.717, 1.165) is 0 Å². The maximum absolute atomic E-state index is 11.2. The average Bonchev–Trinajstić information content (AvgIpc) is 2.41. The normalized spacial score (nSPS) is 13.5. The van der Waals surface area contributed by atoms with Gasteiger partial charge in [-0.2, -0.15) is 0 Å². The lowest BCUT2D eigenvalue weighted by Crippen LogP contribution is -2.30. The van der Waals surface area contributed by atoms with Crippen molar-refractivity contribution >= 4 is 12.1 Å². The van der Waals surface area contributed by atoms with Gasteiger partial charge in [-0.3, -0.25) is 10.1 Å². The Kier molecular flexibility index (Phi) is 8.39. The van der Waals surface area contributed by atoms with Crippen LogP contribution in [0.3, 0.4) is 0 Å². The van der Waals surface area contributed by atoms with Crippen LogP contribution in [0.5, 0.6) is 0 Å². The van der Waals surface area contributed by atoms with E-state index in [2.05, 4.69) is 5.32 Å². The summed E-state index contributed by atoms with van der Waals surface area (Å²) in [6.45, 7) is 2.86. The van der Waals surface area contributed by atoms with Gasteiger partial charge in [0, 0.05) is 26.0 Å². The molecule has 0 saturated carbocycles. The molecule has 9 heteroatoms. The van der Waals surface area contributed by atoms with Crippen molar-refractivity contribution in [2.75, 3.05) is 13.2 Å². The van der Waals surface area contributed by atoms with Crippen LogP contribution in [0.4, 0.5) is 4.79 Å². The van der Waals surface area contributed by atoms with Crippen LogP contribution in [0.25, 0.3) is 0 Å². The largest absolute Gasteiger partial charge is 0.479 e. The molecule has 0 aliphatic heterocycles. The Morgan fingerprint density at radius 2 is 2.00 bits per heavy atom. The second kappa shape index (κ2) is 9.48. The highest BCUT2D eigenvalue weighted by Gasteiger charge is 2.13. The summed E-state index contributed by atoms with van der Waals surface area (Å²) >= 11 is 0. The van der Waals surface area contributed by atoms with Gasteiger partial charge in [-0.15, -0.1) is 0 Å². The summed E-state index contributed by atoms with van der Waals surface area (Å²) in [7, 11) is 0. The van der Waals surface area contributed by atoms with Crippen LogP contribution in [0.1, 0.15) is 20.3 Å². The maximum Gasteiger partial charge on any atom is 0.407 e. The van der Waals surface area contributed by atoms with E-state index in [-0.39, 0.29) is 25.3 Å². The second-order valence-corrected chi connectivity index (χ2v) is 4.22. The molecule has 9 nitrogen and oxygen atoms in total. The molecule has 0 spiro atoms. The number of hydrogen-bond donors (Lipinski definition) is 3. The molecule has 3 N–H and O–H groups in total. The predicted octanol–water partition coefficient (Wildman–Crippen LogP) is 0.675. The van der Waals surface area contributed by atoms with Crippen molar-refractivity contribution in [1.82, 2.24) is 5.32 Å². The fraction of sp³-hybridized carbons (Fsp3) is 0.500. The molecule has 0 saturated heterocycles. The number of hydrogen-bond acceptors (Lipinski definition) is 6. The van der Waals surface area contributed by atoms with Gasteiger partial charge >= 0.3 is 12.1 Å². The van der Waals surface area contributed by atoms with Gasteiger partial charge in [-0.1, -0.05) is 6.08 Å². The number of carbonyl (C=O) groups excluding carboxylic acids is 1. The van der Waals surface area contributed by atoms with Crippen molar-refractivity contribution in [3.63, 3.8) is 0 Å². The van der Waals surface area contributed by atoms with Gasteiger partial charge in [-0.25, -0.2) is 9.59 Å². The molecule has 0 aliphatic carbocycles. The van der Waals surface area contributed by atoms with Gasteiger partial charge < -0.3 is 20.3 Å². The number of ether oxygens (including phenoxy) is 1. The number of aliphatic carboxylic acids is 1. The number of aliphatic hydroxyl groups excluding tert-OH is 1. The zero-order valence-corrected chi connectivity index (χ0v) is 11.7. The van der Waals surface area contributed by atoms with Crippen molar-refractivity contribution in [2.24, 2.45) is 0 Å². The number of rotatable bonds is 8. The van der Waals surface area contributed by atoms with Crippen molar-refractivity contribution in [1.29, 1.82) is 0 Å². The minimum atomic E-state index is -1.54. The molecule has 0 rings (SSSR count). The third kappa shape index (κ3) is 9.16. The molecule has 0 unspecified atom stereocenters. The molecule has 0 aliphatic rings. The minimum absolute atomic E-state index is 0.0403. The Hall–Kier alpha value is -2.42. The topological polar surface area (TPSA) is 139 Å². The van der Waals surface area contributed by atoms with Gasteiger partial charge in [-0.05, 0) is 12.5 Å². The van der Waals surface area contributed by atoms with E-state index in [9.17, 15) is 19.7 Å². The van der Waals surface area contributed by atoms with Gasteiger partial charge in [0.1, 0.15) is 6.61 Å². The van der Waals surface area contributed by atoms with Crippen molar-refractivity contribution in [3.05, 3.63) is 33.5 Å². The SMILES string of the molecule is C/C(=C\C=C(/C)[N+](=O)[O-])COC(=O)NCC[C@H](O)C(=O)O. The highest BCUT2D eigenvalue weighted by molar-refractivity contribution is 5.72. The molecule has 0 fully saturated rings. The molecule has 0 aromatic rings. The summed E-state index contributed by atoms with van der Waals surface area (Å²) in [6, 6.07) is 0. The number of nitrogens with one attached hydrogen (secondary N) is 1. The van der Waals surface area contributed by atoms with Crippen LogP contribution in [0.15, 0.2) is 23.4 Å². The summed E-state index contributed by atoms with van der Waals surface area (Å²) in [5, 5.41) is 30.0. The monoisotopic (exact) mass is 302 g/mol. The highest BCUT2D eigenvalue weighted by Crippen LogP contribution is 1.99. The third-order valence-electron chi connectivity index (χ3n) is 2.30. The molecular weight excluding hydrogens is 284 g/mol. The van der Waals surface area contributed by atoms with E-state index in [1.54, 1.807) is 6.92 Å². The van der Waals surface area contributed by atoms with E-state index in [4.69, 9.17) is 14.9 Å². The Morgan fingerprint density at radius 1 is 1.38 bits per heavy atom. The van der Waals surface area contributed by atoms with Gasteiger partial charge in [0.25, 0.3) is 0 Å². The van der Waals surface area contributed by atoms with Crippen LogP contribution in [-0.4, -0.2) is 46.5 Å². The Bertz CT molecular complexity index is 457. The number of aliphatic hydroxyl groups is 1. The van der Waals surface area contributed by atoms with Gasteiger partial charge in [0.15, 0.2) is 6.10 Å². The Labute approximate surface area is 121 Å². The first-order valence-corrected chi connectivity index (χ1v) is 6.04. The van der Waals surface area contributed by atoms with Gasteiger partial charge in [0.2, 0.25) is 5.70 Å². The van der Waals surface area contributed by atoms with E-state index in [0.29, 0.717) is 5.57 Å². The fourth-order valence-corrected chi connectivity index (χ4v) is 1.04. The molecular formula is C12H18N2O7. The fourth-order valence-electron chi connectivity index (χ4n) is 1.04. The minimum Gasteiger partial charge on any atom is -0.479 e. The van der Waals surface area contributed by atoms with E-state index in [1.807, 2.05) is 0 Å². The zero-order valence-electron chi connectivity index (χ0n) is 11.7. The van der Waals surface area contributed by atoms with Crippen LogP contribution in [0, 0.1) is 10.1 Å². The van der Waals surface area contributed by atoms with Crippen LogP contribution >= 0.6 is 0 Å². The number of amides is 1. The van der Waals surface area contributed by atoms with Crippen LogP contribution < -0.4 is 5.32 Å². The lowest BCUT2D eigenvalue weighted by molar-refractivity contribution is -0.424. The molecule has 0 radical (unpaired) electrons. The Morgan fingerprint density at radius 3 is 2.52 bits per heavy atom. The summed E-state index contributed by atoms with van der Waals surface area (Å²) < 4.78 is 4.79. The summed E-state index contributed by atoms with van der Waals surface area (Å²) in [5.74, 6) is -1.36. The molecule has 118 valence electrons.